The van der Waals surface area contributed by atoms with Crippen LogP contribution in [0.4, 0.5) is 0 Å². The molecule has 1 radical (unpaired) electrons. The van der Waals surface area contributed by atoms with Gasteiger partial charge in [0.2, 0.25) is 0 Å². The normalized spacial score (nSPS) is 12.4. The minimum Gasteiger partial charge on any atom is -0.0654 e. The van der Waals surface area contributed by atoms with E-state index in [0.29, 0.717) is 0 Å². The minimum atomic E-state index is 0.997. The molecule has 0 aromatic rings. The van der Waals surface area contributed by atoms with Gasteiger partial charge in [0, 0.05) is 0 Å². The zero-order valence-electron chi connectivity index (χ0n) is 28.0. The number of hydrogen-bond acceptors (Lipinski definition) is 0. The Morgan fingerprint density at radius 2 is 0.487 bits per heavy atom. The summed E-state index contributed by atoms with van der Waals surface area (Å²) < 4.78 is 0. The van der Waals surface area contributed by atoms with Crippen molar-refractivity contribution in [3.8, 4) is 0 Å². The number of unbranched alkanes of at least 4 members (excludes halogenated alkanes) is 29. The molecular formula is C39H79. The fourth-order valence-electron chi connectivity index (χ4n) is 6.47. The van der Waals surface area contributed by atoms with E-state index in [1.165, 1.54) is 218 Å². The van der Waals surface area contributed by atoms with Gasteiger partial charge < -0.3 is 0 Å². The molecule has 0 aliphatic rings. The Labute approximate surface area is 251 Å². The second-order valence-electron chi connectivity index (χ2n) is 13.3. The van der Waals surface area contributed by atoms with Gasteiger partial charge in [0.25, 0.3) is 0 Å². The Bertz CT molecular complexity index is 399. The molecule has 0 saturated heterocycles. The first-order chi connectivity index (χ1) is 19.3. The summed E-state index contributed by atoms with van der Waals surface area (Å²) in [4.78, 5) is 0. The molecule has 0 saturated carbocycles. The van der Waals surface area contributed by atoms with E-state index in [9.17, 15) is 0 Å². The maximum Gasteiger partial charge on any atom is -0.0414 e. The van der Waals surface area contributed by atoms with Gasteiger partial charge in [-0.3, -0.25) is 0 Å². The van der Waals surface area contributed by atoms with Crippen LogP contribution in [0.5, 0.6) is 0 Å². The third-order valence-corrected chi connectivity index (χ3v) is 9.29. The second-order valence-corrected chi connectivity index (χ2v) is 13.3. The topological polar surface area (TPSA) is 0 Å². The highest BCUT2D eigenvalue weighted by molar-refractivity contribution is 4.62. The largest absolute Gasteiger partial charge is 0.0654 e. The predicted molar refractivity (Wildman–Crippen MR) is 182 cm³/mol. The van der Waals surface area contributed by atoms with Crippen LogP contribution in [0, 0.1) is 12.8 Å². The van der Waals surface area contributed by atoms with E-state index in [1.807, 2.05) is 0 Å². The lowest BCUT2D eigenvalue weighted by atomic mass is 9.90. The van der Waals surface area contributed by atoms with Crippen molar-refractivity contribution in [2.45, 2.75) is 239 Å². The Morgan fingerprint density at radius 3 is 0.718 bits per heavy atom. The highest BCUT2D eigenvalue weighted by Crippen LogP contribution is 2.24. The zero-order chi connectivity index (χ0) is 28.3. The average Bonchev–Trinajstić information content (AvgIpc) is 2.95. The molecule has 0 heteroatoms. The van der Waals surface area contributed by atoms with Crippen molar-refractivity contribution in [3.63, 3.8) is 0 Å². The first kappa shape index (κ1) is 39.0. The van der Waals surface area contributed by atoms with E-state index < -0.39 is 0 Å². The van der Waals surface area contributed by atoms with Crippen LogP contribution in [0.3, 0.4) is 0 Å². The van der Waals surface area contributed by atoms with Crippen LogP contribution in [0.25, 0.3) is 0 Å². The molecule has 0 N–H and O–H groups in total. The molecule has 0 bridgehead atoms. The second kappa shape index (κ2) is 36.0. The summed E-state index contributed by atoms with van der Waals surface area (Å²) in [6.07, 6.45) is 51.1. The van der Waals surface area contributed by atoms with Crippen molar-refractivity contribution in [1.29, 1.82) is 0 Å². The smallest absolute Gasteiger partial charge is 0.0414 e. The van der Waals surface area contributed by atoms with Crippen molar-refractivity contribution >= 4 is 0 Å². The summed E-state index contributed by atoms with van der Waals surface area (Å²) in [5.74, 6) is 0.997. The molecule has 0 aliphatic carbocycles. The standard InChI is InChI=1S/C39H79/c1-4-7-10-12-14-16-17-18-19-20-21-22-23-24-25-26-27-29-31-33-35-38-39(36-9-6-3)37-34-32-30-28-15-13-11-8-5-2/h39H,3-38H2,1-2H3. The molecule has 1 unspecified atom stereocenters. The summed E-state index contributed by atoms with van der Waals surface area (Å²) in [6, 6.07) is 0. The van der Waals surface area contributed by atoms with E-state index in [4.69, 9.17) is 0 Å². The quantitative estimate of drug-likeness (QED) is 0.0692. The SMILES string of the molecule is [CH2]CCCC(CCCCCCCCCCC)CCCCCCCCCCCCCCCCCCCCCCC. The average molecular weight is 548 g/mol. The Hall–Kier alpha value is 0. The monoisotopic (exact) mass is 548 g/mol. The molecular weight excluding hydrogens is 468 g/mol. The molecule has 235 valence electrons. The Kier molecular flexibility index (Phi) is 36.0. The maximum atomic E-state index is 4.10. The van der Waals surface area contributed by atoms with Crippen molar-refractivity contribution in [3.05, 3.63) is 6.92 Å². The first-order valence-corrected chi connectivity index (χ1v) is 19.1. The van der Waals surface area contributed by atoms with E-state index in [-0.39, 0.29) is 0 Å². The highest BCUT2D eigenvalue weighted by Gasteiger charge is 2.08. The number of hydrogen-bond donors (Lipinski definition) is 0. The molecule has 0 heterocycles. The third kappa shape index (κ3) is 34.1. The van der Waals surface area contributed by atoms with Gasteiger partial charge >= 0.3 is 0 Å². The van der Waals surface area contributed by atoms with Gasteiger partial charge in [-0.2, -0.15) is 0 Å². The third-order valence-electron chi connectivity index (χ3n) is 9.29. The van der Waals surface area contributed by atoms with Gasteiger partial charge in [0.15, 0.2) is 0 Å². The van der Waals surface area contributed by atoms with Gasteiger partial charge in [-0.1, -0.05) is 245 Å². The highest BCUT2D eigenvalue weighted by atomic mass is 14.1. The lowest BCUT2D eigenvalue weighted by Crippen LogP contribution is -2.01. The number of rotatable bonds is 35. The molecule has 1 atom stereocenters. The fourth-order valence-corrected chi connectivity index (χ4v) is 6.47. The van der Waals surface area contributed by atoms with Gasteiger partial charge in [0.05, 0.1) is 0 Å². The lowest BCUT2D eigenvalue weighted by Gasteiger charge is -2.16. The molecule has 0 rings (SSSR count). The van der Waals surface area contributed by atoms with E-state index in [0.717, 1.165) is 12.3 Å². The van der Waals surface area contributed by atoms with Crippen LogP contribution in [-0.2, 0) is 0 Å². The van der Waals surface area contributed by atoms with Crippen molar-refractivity contribution in [2.24, 2.45) is 5.92 Å². The molecule has 0 spiro atoms. The zero-order valence-corrected chi connectivity index (χ0v) is 28.0. The lowest BCUT2D eigenvalue weighted by molar-refractivity contribution is 0.372. The van der Waals surface area contributed by atoms with Crippen LogP contribution in [0.1, 0.15) is 239 Å². The predicted octanol–water partition coefficient (Wildman–Crippen LogP) is 15.1. The van der Waals surface area contributed by atoms with Crippen molar-refractivity contribution in [2.75, 3.05) is 0 Å². The molecule has 0 fully saturated rings. The van der Waals surface area contributed by atoms with Crippen LogP contribution in [0.15, 0.2) is 0 Å². The Balaban J connectivity index is 3.38. The van der Waals surface area contributed by atoms with Gasteiger partial charge in [-0.25, -0.2) is 0 Å². The Morgan fingerprint density at radius 1 is 0.282 bits per heavy atom. The maximum absolute atomic E-state index is 4.10. The van der Waals surface area contributed by atoms with Crippen LogP contribution >= 0.6 is 0 Å². The molecule has 0 aromatic heterocycles. The molecule has 0 nitrogen and oxygen atoms in total. The minimum absolute atomic E-state index is 0.997. The van der Waals surface area contributed by atoms with Crippen molar-refractivity contribution < 1.29 is 0 Å². The van der Waals surface area contributed by atoms with Crippen molar-refractivity contribution in [1.82, 2.24) is 0 Å². The van der Waals surface area contributed by atoms with Crippen LogP contribution < -0.4 is 0 Å². The molecule has 0 amide bonds. The van der Waals surface area contributed by atoms with E-state index >= 15 is 0 Å². The molecule has 39 heavy (non-hydrogen) atoms. The summed E-state index contributed by atoms with van der Waals surface area (Å²) in [5.41, 5.74) is 0. The first-order valence-electron chi connectivity index (χ1n) is 19.1. The fraction of sp³-hybridized carbons (Fsp3) is 0.974. The van der Waals surface area contributed by atoms with E-state index in [2.05, 4.69) is 20.8 Å². The summed E-state index contributed by atoms with van der Waals surface area (Å²) in [6.45, 7) is 8.72. The molecule has 0 aromatic carbocycles. The van der Waals surface area contributed by atoms with Crippen LogP contribution in [0.2, 0.25) is 0 Å². The molecule has 0 aliphatic heterocycles. The van der Waals surface area contributed by atoms with Gasteiger partial charge in [-0.05, 0) is 5.92 Å². The van der Waals surface area contributed by atoms with Gasteiger partial charge in [0.1, 0.15) is 0 Å². The van der Waals surface area contributed by atoms with Gasteiger partial charge in [-0.15, -0.1) is 0 Å². The summed E-state index contributed by atoms with van der Waals surface area (Å²) in [5, 5.41) is 0. The van der Waals surface area contributed by atoms with E-state index in [1.54, 1.807) is 0 Å². The summed E-state index contributed by atoms with van der Waals surface area (Å²) in [7, 11) is 0. The summed E-state index contributed by atoms with van der Waals surface area (Å²) >= 11 is 0. The van der Waals surface area contributed by atoms with Crippen LogP contribution in [-0.4, -0.2) is 0 Å².